The highest BCUT2D eigenvalue weighted by atomic mass is 16.5. The Balaban J connectivity index is 1.26. The Morgan fingerprint density at radius 1 is 1.19 bits per heavy atom. The van der Waals surface area contributed by atoms with Gasteiger partial charge < -0.3 is 15.0 Å². The van der Waals surface area contributed by atoms with Crippen molar-refractivity contribution in [3.63, 3.8) is 0 Å². The van der Waals surface area contributed by atoms with Crippen molar-refractivity contribution in [3.8, 4) is 17.0 Å². The van der Waals surface area contributed by atoms with Crippen LogP contribution in [0.25, 0.3) is 22.2 Å². The lowest BCUT2D eigenvalue weighted by Gasteiger charge is -2.58. The van der Waals surface area contributed by atoms with Gasteiger partial charge in [0.05, 0.1) is 12.6 Å². The molecule has 1 saturated carbocycles. The molecule has 1 saturated heterocycles. The van der Waals surface area contributed by atoms with Crippen molar-refractivity contribution in [2.45, 2.75) is 25.8 Å². The van der Waals surface area contributed by atoms with Crippen LogP contribution in [0, 0.1) is 5.41 Å². The highest BCUT2D eigenvalue weighted by molar-refractivity contribution is 5.85. The second-order valence-electron chi connectivity index (χ2n) is 8.71. The monoisotopic (exact) mass is 417 g/mol. The Morgan fingerprint density at radius 2 is 2.00 bits per heavy atom. The van der Waals surface area contributed by atoms with Gasteiger partial charge in [-0.05, 0) is 42.7 Å². The second-order valence-corrected chi connectivity index (χ2v) is 8.71. The Labute approximate surface area is 178 Å². The van der Waals surface area contributed by atoms with Crippen LogP contribution in [0.1, 0.15) is 19.8 Å². The molecule has 9 nitrogen and oxygen atoms in total. The van der Waals surface area contributed by atoms with Crippen LogP contribution in [0.5, 0.6) is 5.88 Å². The van der Waals surface area contributed by atoms with E-state index in [9.17, 15) is 4.79 Å². The molecular weight excluding hydrogens is 394 g/mol. The number of carbonyl (C=O) groups is 1. The molecule has 0 unspecified atom stereocenters. The number of amides is 1. The molecule has 6 rings (SSSR count). The molecule has 4 aromatic heterocycles. The van der Waals surface area contributed by atoms with Crippen molar-refractivity contribution in [2.75, 3.05) is 25.5 Å². The Bertz CT molecular complexity index is 1310. The Kier molecular flexibility index (Phi) is 3.77. The van der Waals surface area contributed by atoms with Gasteiger partial charge in [0.1, 0.15) is 5.52 Å². The summed E-state index contributed by atoms with van der Waals surface area (Å²) in [6, 6.07) is 8.43. The zero-order valence-electron chi connectivity index (χ0n) is 17.4. The number of fused-ring (bicyclic) bond motifs is 2. The van der Waals surface area contributed by atoms with Gasteiger partial charge in [0.15, 0.2) is 0 Å². The third kappa shape index (κ3) is 2.83. The molecule has 5 heterocycles. The van der Waals surface area contributed by atoms with Gasteiger partial charge in [-0.1, -0.05) is 0 Å². The van der Waals surface area contributed by atoms with E-state index in [-0.39, 0.29) is 11.3 Å². The molecule has 1 spiro atoms. The minimum atomic E-state index is 0.163. The van der Waals surface area contributed by atoms with Gasteiger partial charge in [0, 0.05) is 55.6 Å². The van der Waals surface area contributed by atoms with Gasteiger partial charge >= 0.3 is 0 Å². The van der Waals surface area contributed by atoms with Crippen LogP contribution in [-0.4, -0.2) is 61.3 Å². The molecule has 4 aromatic rings. The zero-order chi connectivity index (χ0) is 21.2. The van der Waals surface area contributed by atoms with E-state index < -0.39 is 0 Å². The maximum atomic E-state index is 11.4. The summed E-state index contributed by atoms with van der Waals surface area (Å²) in [5, 5.41) is 12.4. The molecule has 0 bridgehead atoms. The number of anilines is 1. The summed E-state index contributed by atoms with van der Waals surface area (Å²) in [5.41, 5.74) is 4.20. The van der Waals surface area contributed by atoms with Crippen molar-refractivity contribution in [1.82, 2.24) is 29.1 Å². The van der Waals surface area contributed by atoms with E-state index in [1.54, 1.807) is 20.2 Å². The number of pyridine rings is 1. The second kappa shape index (κ2) is 6.44. The minimum absolute atomic E-state index is 0.163. The first kappa shape index (κ1) is 18.2. The SMILES string of the molecule is COc1nc(NC2CC3(C2)CN(C(C)=O)C3)nn2ccc(-c3ccn4nccc4c3)c12. The molecule has 2 fully saturated rings. The number of carbonyl (C=O) groups excluding carboxylic acids is 1. The van der Waals surface area contributed by atoms with Crippen LogP contribution in [0.4, 0.5) is 5.95 Å². The molecule has 158 valence electrons. The van der Waals surface area contributed by atoms with Crippen molar-refractivity contribution in [3.05, 3.63) is 42.9 Å². The summed E-state index contributed by atoms with van der Waals surface area (Å²) in [4.78, 5) is 18.0. The molecule has 2 aliphatic rings. The normalized spacial score (nSPS) is 17.7. The number of aromatic nitrogens is 5. The third-order valence-electron chi connectivity index (χ3n) is 6.57. The Hall–Kier alpha value is -3.62. The largest absolute Gasteiger partial charge is 0.479 e. The lowest BCUT2D eigenvalue weighted by atomic mass is 9.60. The van der Waals surface area contributed by atoms with Crippen molar-refractivity contribution < 1.29 is 9.53 Å². The van der Waals surface area contributed by atoms with E-state index in [4.69, 9.17) is 4.74 Å². The van der Waals surface area contributed by atoms with E-state index in [0.29, 0.717) is 17.9 Å². The van der Waals surface area contributed by atoms with Gasteiger partial charge in [0.25, 0.3) is 0 Å². The van der Waals surface area contributed by atoms with Gasteiger partial charge in [-0.2, -0.15) is 10.1 Å². The molecule has 0 atom stereocenters. The highest BCUT2D eigenvalue weighted by Gasteiger charge is 2.53. The van der Waals surface area contributed by atoms with Gasteiger partial charge in [0.2, 0.25) is 17.7 Å². The first-order valence-electron chi connectivity index (χ1n) is 10.4. The molecule has 1 aliphatic carbocycles. The first-order valence-corrected chi connectivity index (χ1v) is 10.4. The van der Waals surface area contributed by atoms with E-state index in [1.807, 2.05) is 44.5 Å². The van der Waals surface area contributed by atoms with Crippen LogP contribution < -0.4 is 10.1 Å². The maximum absolute atomic E-state index is 11.4. The lowest BCUT2D eigenvalue weighted by Crippen LogP contribution is -2.65. The van der Waals surface area contributed by atoms with Crippen LogP contribution in [0.3, 0.4) is 0 Å². The Morgan fingerprint density at radius 3 is 2.77 bits per heavy atom. The number of nitrogens with one attached hydrogen (secondary N) is 1. The maximum Gasteiger partial charge on any atom is 0.244 e. The predicted molar refractivity (Wildman–Crippen MR) is 115 cm³/mol. The van der Waals surface area contributed by atoms with Crippen molar-refractivity contribution >= 4 is 22.9 Å². The highest BCUT2D eigenvalue weighted by Crippen LogP contribution is 2.49. The topological polar surface area (TPSA) is 89.1 Å². The standard InChI is InChI=1S/C22H23N7O2/c1-14(30)27-12-22(13-27)10-16(11-22)24-21-25-20(31-2)19-18(5-8-29(19)26-21)15-4-7-28-17(9-15)3-6-23-28/h3-9,16H,10-13H2,1-2H3,(H,24,26). The average Bonchev–Trinajstić information content (AvgIpc) is 3.33. The van der Waals surface area contributed by atoms with Gasteiger partial charge in [-0.3, -0.25) is 4.79 Å². The summed E-state index contributed by atoms with van der Waals surface area (Å²) in [7, 11) is 1.63. The number of methoxy groups -OCH3 is 1. The quantitative estimate of drug-likeness (QED) is 0.549. The van der Waals surface area contributed by atoms with E-state index in [1.165, 1.54) is 0 Å². The molecule has 1 aliphatic heterocycles. The van der Waals surface area contributed by atoms with Crippen LogP contribution >= 0.6 is 0 Å². The van der Waals surface area contributed by atoms with E-state index in [2.05, 4.69) is 26.6 Å². The van der Waals surface area contributed by atoms with Crippen LogP contribution in [0.15, 0.2) is 42.9 Å². The predicted octanol–water partition coefficient (Wildman–Crippen LogP) is 2.48. The number of hydrogen-bond acceptors (Lipinski definition) is 6. The number of hydrogen-bond donors (Lipinski definition) is 1. The number of ether oxygens (including phenoxy) is 1. The van der Waals surface area contributed by atoms with E-state index in [0.717, 1.165) is 48.1 Å². The molecule has 1 N–H and O–H groups in total. The van der Waals surface area contributed by atoms with Gasteiger partial charge in [-0.25, -0.2) is 9.03 Å². The number of likely N-dealkylation sites (tertiary alicyclic amines) is 1. The molecule has 31 heavy (non-hydrogen) atoms. The lowest BCUT2D eigenvalue weighted by molar-refractivity contribution is -0.148. The molecule has 1 amide bonds. The summed E-state index contributed by atoms with van der Waals surface area (Å²) < 4.78 is 9.29. The number of rotatable bonds is 4. The molecular formula is C22H23N7O2. The summed E-state index contributed by atoms with van der Waals surface area (Å²) in [6.07, 6.45) is 7.72. The summed E-state index contributed by atoms with van der Waals surface area (Å²) in [5.74, 6) is 1.25. The smallest absolute Gasteiger partial charge is 0.244 e. The number of nitrogens with zero attached hydrogens (tertiary/aromatic N) is 6. The van der Waals surface area contributed by atoms with E-state index >= 15 is 0 Å². The van der Waals surface area contributed by atoms with Crippen molar-refractivity contribution in [1.29, 1.82) is 0 Å². The minimum Gasteiger partial charge on any atom is -0.479 e. The zero-order valence-corrected chi connectivity index (χ0v) is 17.4. The van der Waals surface area contributed by atoms with Gasteiger partial charge in [-0.15, -0.1) is 5.10 Å². The fraction of sp³-hybridized carbons (Fsp3) is 0.364. The first-order chi connectivity index (χ1) is 15.0. The van der Waals surface area contributed by atoms with Crippen LogP contribution in [-0.2, 0) is 4.79 Å². The fourth-order valence-electron chi connectivity index (χ4n) is 5.03. The summed E-state index contributed by atoms with van der Waals surface area (Å²) >= 11 is 0. The molecule has 0 radical (unpaired) electrons. The van der Waals surface area contributed by atoms with Crippen LogP contribution in [0.2, 0.25) is 0 Å². The third-order valence-corrected chi connectivity index (χ3v) is 6.57. The molecule has 9 heteroatoms. The van der Waals surface area contributed by atoms with Crippen molar-refractivity contribution in [2.24, 2.45) is 5.41 Å². The average molecular weight is 417 g/mol. The summed E-state index contributed by atoms with van der Waals surface area (Å²) in [6.45, 7) is 3.37. The molecule has 0 aromatic carbocycles. The fourth-order valence-corrected chi connectivity index (χ4v) is 5.03.